The Morgan fingerprint density at radius 2 is 1.95 bits per heavy atom. The molecule has 1 heterocycles. The molecule has 3 nitrogen and oxygen atoms in total. The molecule has 0 N–H and O–H groups in total. The van der Waals surface area contributed by atoms with E-state index < -0.39 is 23.4 Å². The van der Waals surface area contributed by atoms with Crippen LogP contribution in [0, 0.1) is 0 Å². The first-order chi connectivity index (χ1) is 8.86. The van der Waals surface area contributed by atoms with Gasteiger partial charge in [0.05, 0.1) is 16.8 Å². The van der Waals surface area contributed by atoms with E-state index in [9.17, 15) is 22.8 Å². The van der Waals surface area contributed by atoms with Gasteiger partial charge in [0.1, 0.15) is 0 Å². The van der Waals surface area contributed by atoms with Crippen molar-refractivity contribution in [1.82, 2.24) is 0 Å². The van der Waals surface area contributed by atoms with Gasteiger partial charge in [0.15, 0.2) is 0 Å². The Hall–Kier alpha value is -2.11. The van der Waals surface area contributed by atoms with Crippen LogP contribution < -0.4 is 4.90 Å². The molecule has 0 bridgehead atoms. The normalized spacial score (nSPS) is 14.8. The fraction of sp³-hybridized carbons (Fsp3) is 0.231. The quantitative estimate of drug-likeness (QED) is 0.625. The van der Waals surface area contributed by atoms with Crippen LogP contribution in [0.25, 0.3) is 0 Å². The van der Waals surface area contributed by atoms with Crippen molar-refractivity contribution in [2.24, 2.45) is 0 Å². The molecule has 2 rings (SSSR count). The number of anilines is 1. The molecule has 6 heteroatoms. The zero-order valence-corrected chi connectivity index (χ0v) is 9.83. The van der Waals surface area contributed by atoms with Crippen molar-refractivity contribution in [1.29, 1.82) is 0 Å². The van der Waals surface area contributed by atoms with Gasteiger partial charge in [-0.05, 0) is 24.6 Å². The molecule has 0 unspecified atom stereocenters. The van der Waals surface area contributed by atoms with Crippen LogP contribution in [0.2, 0.25) is 0 Å². The molecule has 0 saturated heterocycles. The summed E-state index contributed by atoms with van der Waals surface area (Å²) in [5, 5.41) is 0. The van der Waals surface area contributed by atoms with Crippen molar-refractivity contribution < 1.29 is 22.8 Å². The Morgan fingerprint density at radius 1 is 1.26 bits per heavy atom. The van der Waals surface area contributed by atoms with Gasteiger partial charge in [-0.1, -0.05) is 6.08 Å². The average Bonchev–Trinajstić information content (AvgIpc) is 2.59. The van der Waals surface area contributed by atoms with Gasteiger partial charge >= 0.3 is 6.18 Å². The van der Waals surface area contributed by atoms with Crippen LogP contribution in [0.4, 0.5) is 18.9 Å². The van der Waals surface area contributed by atoms with Gasteiger partial charge in [-0.15, -0.1) is 6.58 Å². The zero-order chi connectivity index (χ0) is 14.2. The summed E-state index contributed by atoms with van der Waals surface area (Å²) in [6.07, 6.45) is -2.51. The van der Waals surface area contributed by atoms with E-state index in [4.69, 9.17) is 0 Å². The third-order valence-corrected chi connectivity index (χ3v) is 2.86. The zero-order valence-electron chi connectivity index (χ0n) is 9.83. The largest absolute Gasteiger partial charge is 0.416 e. The lowest BCUT2D eigenvalue weighted by Gasteiger charge is -2.15. The SMILES string of the molecule is C=CCCN1C(=O)C(=O)c2cc(C(F)(F)F)ccc21. The van der Waals surface area contributed by atoms with E-state index in [0.29, 0.717) is 6.42 Å². The minimum atomic E-state index is -4.53. The maximum Gasteiger partial charge on any atom is 0.416 e. The summed E-state index contributed by atoms with van der Waals surface area (Å²) in [5.74, 6) is -1.69. The van der Waals surface area contributed by atoms with Gasteiger partial charge in [-0.3, -0.25) is 9.59 Å². The van der Waals surface area contributed by atoms with Crippen molar-refractivity contribution in [2.75, 3.05) is 11.4 Å². The number of ketones is 1. The number of amides is 1. The standard InChI is InChI=1S/C13H10F3NO2/c1-2-3-6-17-10-5-4-8(13(14,15)16)7-9(10)11(18)12(17)19/h2,4-5,7H,1,3,6H2. The number of Topliss-reactive ketones (excluding diaryl/α,β-unsaturated/α-hetero) is 1. The van der Waals surface area contributed by atoms with Gasteiger partial charge in [-0.25, -0.2) is 0 Å². The summed E-state index contributed by atoms with van der Waals surface area (Å²) in [4.78, 5) is 24.5. The summed E-state index contributed by atoms with van der Waals surface area (Å²) < 4.78 is 37.7. The van der Waals surface area contributed by atoms with Crippen LogP contribution in [0.3, 0.4) is 0 Å². The molecule has 0 aromatic heterocycles. The molecule has 19 heavy (non-hydrogen) atoms. The lowest BCUT2D eigenvalue weighted by Crippen LogP contribution is -2.30. The molecule has 100 valence electrons. The Balaban J connectivity index is 2.44. The van der Waals surface area contributed by atoms with E-state index in [2.05, 4.69) is 6.58 Å². The minimum absolute atomic E-state index is 0.191. The van der Waals surface area contributed by atoms with E-state index in [1.54, 1.807) is 6.08 Å². The number of benzene rings is 1. The second-order valence-electron chi connectivity index (χ2n) is 4.09. The first kappa shape index (κ1) is 13.3. The predicted molar refractivity (Wildman–Crippen MR) is 62.9 cm³/mol. The lowest BCUT2D eigenvalue weighted by molar-refractivity contribution is -0.137. The molecular formula is C13H10F3NO2. The highest BCUT2D eigenvalue weighted by Gasteiger charge is 2.38. The number of carbonyl (C=O) groups is 2. The second-order valence-corrected chi connectivity index (χ2v) is 4.09. The fourth-order valence-corrected chi connectivity index (χ4v) is 1.92. The lowest BCUT2D eigenvalue weighted by atomic mass is 10.1. The maximum absolute atomic E-state index is 12.6. The summed E-state index contributed by atoms with van der Waals surface area (Å²) in [6.45, 7) is 3.73. The number of fused-ring (bicyclic) bond motifs is 1. The Kier molecular flexibility index (Phi) is 3.18. The first-order valence-corrected chi connectivity index (χ1v) is 5.54. The molecule has 0 atom stereocenters. The average molecular weight is 269 g/mol. The van der Waals surface area contributed by atoms with Crippen molar-refractivity contribution in [3.8, 4) is 0 Å². The highest BCUT2D eigenvalue weighted by atomic mass is 19.4. The van der Waals surface area contributed by atoms with Crippen LogP contribution in [0.1, 0.15) is 22.3 Å². The van der Waals surface area contributed by atoms with Gasteiger partial charge in [0.25, 0.3) is 11.7 Å². The molecule has 1 amide bonds. The van der Waals surface area contributed by atoms with Gasteiger partial charge in [-0.2, -0.15) is 13.2 Å². The molecule has 1 aromatic rings. The highest BCUT2D eigenvalue weighted by molar-refractivity contribution is 6.52. The maximum atomic E-state index is 12.6. The first-order valence-electron chi connectivity index (χ1n) is 5.54. The van der Waals surface area contributed by atoms with Crippen molar-refractivity contribution in [3.05, 3.63) is 42.0 Å². The molecule has 0 aliphatic carbocycles. The van der Waals surface area contributed by atoms with E-state index >= 15 is 0 Å². The third-order valence-electron chi connectivity index (χ3n) is 2.86. The number of nitrogens with zero attached hydrogens (tertiary/aromatic N) is 1. The van der Waals surface area contributed by atoms with E-state index in [-0.39, 0.29) is 17.8 Å². The predicted octanol–water partition coefficient (Wildman–Crippen LogP) is 2.81. The van der Waals surface area contributed by atoms with Crippen LogP contribution in [0.15, 0.2) is 30.9 Å². The molecule has 0 spiro atoms. The van der Waals surface area contributed by atoms with Gasteiger partial charge in [0, 0.05) is 6.54 Å². The molecule has 0 fully saturated rings. The van der Waals surface area contributed by atoms with Crippen molar-refractivity contribution in [3.63, 3.8) is 0 Å². The summed E-state index contributed by atoms with van der Waals surface area (Å²) in [6, 6.07) is 2.75. The molecule has 1 aliphatic heterocycles. The van der Waals surface area contributed by atoms with Crippen LogP contribution in [-0.4, -0.2) is 18.2 Å². The van der Waals surface area contributed by atoms with Crippen molar-refractivity contribution >= 4 is 17.4 Å². The topological polar surface area (TPSA) is 37.4 Å². The number of rotatable bonds is 3. The monoisotopic (exact) mass is 269 g/mol. The van der Waals surface area contributed by atoms with Gasteiger partial charge < -0.3 is 4.90 Å². The number of alkyl halides is 3. The van der Waals surface area contributed by atoms with Crippen LogP contribution in [-0.2, 0) is 11.0 Å². The molecule has 1 aromatic carbocycles. The smallest absolute Gasteiger partial charge is 0.304 e. The third kappa shape index (κ3) is 2.25. The van der Waals surface area contributed by atoms with E-state index in [0.717, 1.165) is 18.2 Å². The molecule has 0 saturated carbocycles. The molecule has 0 radical (unpaired) electrons. The van der Waals surface area contributed by atoms with Crippen LogP contribution >= 0.6 is 0 Å². The molecule has 1 aliphatic rings. The number of hydrogen-bond donors (Lipinski definition) is 0. The molecular weight excluding hydrogens is 259 g/mol. The Labute approximate surface area is 107 Å². The van der Waals surface area contributed by atoms with Crippen LogP contribution in [0.5, 0.6) is 0 Å². The van der Waals surface area contributed by atoms with E-state index in [1.165, 1.54) is 4.90 Å². The number of carbonyl (C=O) groups excluding carboxylic acids is 2. The Bertz CT molecular complexity index is 563. The van der Waals surface area contributed by atoms with Crippen molar-refractivity contribution in [2.45, 2.75) is 12.6 Å². The summed E-state index contributed by atoms with van der Waals surface area (Å²) in [5.41, 5.74) is -0.897. The summed E-state index contributed by atoms with van der Waals surface area (Å²) >= 11 is 0. The second kappa shape index (κ2) is 4.53. The van der Waals surface area contributed by atoms with Gasteiger partial charge in [0.2, 0.25) is 0 Å². The van der Waals surface area contributed by atoms with E-state index in [1.807, 2.05) is 0 Å². The number of halogens is 3. The highest BCUT2D eigenvalue weighted by Crippen LogP contribution is 2.36. The Morgan fingerprint density at radius 3 is 2.53 bits per heavy atom. The summed E-state index contributed by atoms with van der Waals surface area (Å²) in [7, 11) is 0. The minimum Gasteiger partial charge on any atom is -0.304 e. The number of hydrogen-bond acceptors (Lipinski definition) is 2. The fourth-order valence-electron chi connectivity index (χ4n) is 1.92.